The number of carbonyl (C=O) groups is 1. The fourth-order valence-corrected chi connectivity index (χ4v) is 1.72. The van der Waals surface area contributed by atoms with Gasteiger partial charge in [-0.2, -0.15) is 5.10 Å². The molecular weight excluding hydrogens is 268 g/mol. The van der Waals surface area contributed by atoms with Crippen LogP contribution in [0.3, 0.4) is 0 Å². The van der Waals surface area contributed by atoms with Crippen molar-refractivity contribution in [3.8, 4) is 0 Å². The predicted octanol–water partition coefficient (Wildman–Crippen LogP) is 1.90. The highest BCUT2D eigenvalue weighted by Crippen LogP contribution is 2.12. The summed E-state index contributed by atoms with van der Waals surface area (Å²) in [5.41, 5.74) is 1.38. The Morgan fingerprint density at radius 1 is 1.24 bits per heavy atom. The van der Waals surface area contributed by atoms with E-state index in [0.717, 1.165) is 25.1 Å². The summed E-state index contributed by atoms with van der Waals surface area (Å²) >= 11 is 0. The average Bonchev–Trinajstić information content (AvgIpc) is 2.53. The summed E-state index contributed by atoms with van der Waals surface area (Å²) in [6.07, 6.45) is 4.67. The van der Waals surface area contributed by atoms with Gasteiger partial charge in [0.05, 0.1) is 12.4 Å². The minimum Gasteiger partial charge on any atom is -0.370 e. The lowest BCUT2D eigenvalue weighted by Gasteiger charge is -2.09. The molecule has 0 aliphatic carbocycles. The molecule has 0 aliphatic heterocycles. The number of nitrogens with one attached hydrogen (secondary N) is 2. The Bertz CT molecular complexity index is 602. The molecule has 2 aromatic rings. The third-order valence-corrected chi connectivity index (χ3v) is 2.77. The van der Waals surface area contributed by atoms with Gasteiger partial charge in [-0.05, 0) is 25.0 Å². The van der Waals surface area contributed by atoms with Gasteiger partial charge in [0.2, 0.25) is 5.95 Å². The topological polar surface area (TPSA) is 92.7 Å². The first kappa shape index (κ1) is 14.8. The van der Waals surface area contributed by atoms with Crippen molar-refractivity contribution >= 4 is 17.7 Å². The summed E-state index contributed by atoms with van der Waals surface area (Å²) in [6.45, 7) is 4.88. The maximum Gasteiger partial charge on any atom is 0.258 e. The molecule has 2 heterocycles. The normalized spacial score (nSPS) is 10.2. The quantitative estimate of drug-likeness (QED) is 0.842. The molecular formula is C14H18N6O. The summed E-state index contributed by atoms with van der Waals surface area (Å²) in [6, 6.07) is 3.49. The van der Waals surface area contributed by atoms with Crippen LogP contribution >= 0.6 is 0 Å². The lowest BCUT2D eigenvalue weighted by Crippen LogP contribution is -2.16. The Balaban J connectivity index is 2.19. The van der Waals surface area contributed by atoms with Crippen LogP contribution in [0.2, 0.25) is 0 Å². The first-order valence-electron chi connectivity index (χ1n) is 6.92. The van der Waals surface area contributed by atoms with E-state index in [1.807, 2.05) is 6.92 Å². The van der Waals surface area contributed by atoms with Crippen molar-refractivity contribution in [3.63, 3.8) is 0 Å². The monoisotopic (exact) mass is 286 g/mol. The second-order valence-corrected chi connectivity index (χ2v) is 4.43. The molecule has 21 heavy (non-hydrogen) atoms. The summed E-state index contributed by atoms with van der Waals surface area (Å²) in [5.74, 6) is 0.605. The SMILES string of the molecule is CCCNc1cc(C(=O)Nc2nccnn2)cc(CC)n1. The standard InChI is InChI=1S/C14H18N6O/c1-3-5-15-12-9-10(8-11(4-2)18-12)13(21)19-14-16-6-7-17-20-14/h6-9H,3-5H2,1-2H3,(H,15,18)(H,16,19,20,21). The van der Waals surface area contributed by atoms with E-state index in [9.17, 15) is 4.79 Å². The van der Waals surface area contributed by atoms with Crippen LogP contribution in [-0.2, 0) is 6.42 Å². The smallest absolute Gasteiger partial charge is 0.258 e. The second-order valence-electron chi connectivity index (χ2n) is 4.43. The second kappa shape index (κ2) is 7.28. The fraction of sp³-hybridized carbons (Fsp3) is 0.357. The number of carbonyl (C=O) groups excluding carboxylic acids is 1. The largest absolute Gasteiger partial charge is 0.370 e. The number of amides is 1. The molecule has 0 fully saturated rings. The van der Waals surface area contributed by atoms with Crippen LogP contribution in [-0.4, -0.2) is 32.6 Å². The first-order chi connectivity index (χ1) is 10.2. The van der Waals surface area contributed by atoms with Crippen LogP contribution in [0.25, 0.3) is 0 Å². The molecule has 0 spiro atoms. The Kier molecular flexibility index (Phi) is 5.14. The number of hydrogen-bond acceptors (Lipinski definition) is 6. The molecule has 0 aliphatic rings. The highest BCUT2D eigenvalue weighted by Gasteiger charge is 2.11. The molecule has 7 nitrogen and oxygen atoms in total. The molecule has 0 saturated heterocycles. The van der Waals surface area contributed by atoms with E-state index in [0.29, 0.717) is 11.4 Å². The molecule has 2 aromatic heterocycles. The van der Waals surface area contributed by atoms with Gasteiger partial charge in [-0.3, -0.25) is 10.1 Å². The van der Waals surface area contributed by atoms with Gasteiger partial charge in [0.25, 0.3) is 5.91 Å². The number of anilines is 2. The molecule has 2 rings (SSSR count). The number of nitrogens with zero attached hydrogens (tertiary/aromatic N) is 4. The fourth-order valence-electron chi connectivity index (χ4n) is 1.72. The first-order valence-corrected chi connectivity index (χ1v) is 6.92. The summed E-state index contributed by atoms with van der Waals surface area (Å²) in [5, 5.41) is 13.2. The van der Waals surface area contributed by atoms with Crippen LogP contribution in [0.1, 0.15) is 36.3 Å². The van der Waals surface area contributed by atoms with E-state index in [1.54, 1.807) is 12.1 Å². The van der Waals surface area contributed by atoms with Crippen molar-refractivity contribution in [2.75, 3.05) is 17.2 Å². The minimum atomic E-state index is -0.278. The third-order valence-electron chi connectivity index (χ3n) is 2.77. The zero-order valence-corrected chi connectivity index (χ0v) is 12.1. The van der Waals surface area contributed by atoms with E-state index in [-0.39, 0.29) is 11.9 Å². The molecule has 0 bridgehead atoms. The molecule has 0 aromatic carbocycles. The van der Waals surface area contributed by atoms with Gasteiger partial charge in [0.15, 0.2) is 0 Å². The molecule has 0 unspecified atom stereocenters. The molecule has 0 saturated carbocycles. The van der Waals surface area contributed by atoms with Crippen molar-refractivity contribution in [1.29, 1.82) is 0 Å². The molecule has 2 N–H and O–H groups in total. The number of hydrogen-bond donors (Lipinski definition) is 2. The van der Waals surface area contributed by atoms with Crippen LogP contribution in [0.4, 0.5) is 11.8 Å². The number of aromatic nitrogens is 4. The average molecular weight is 286 g/mol. The van der Waals surface area contributed by atoms with Gasteiger partial charge < -0.3 is 5.32 Å². The molecule has 110 valence electrons. The van der Waals surface area contributed by atoms with Crippen molar-refractivity contribution < 1.29 is 4.79 Å². The van der Waals surface area contributed by atoms with Gasteiger partial charge in [0, 0.05) is 17.8 Å². The van der Waals surface area contributed by atoms with Crippen LogP contribution in [0.5, 0.6) is 0 Å². The lowest BCUT2D eigenvalue weighted by atomic mass is 10.2. The number of rotatable bonds is 6. The predicted molar refractivity (Wildman–Crippen MR) is 80.2 cm³/mol. The van der Waals surface area contributed by atoms with Gasteiger partial charge >= 0.3 is 0 Å². The highest BCUT2D eigenvalue weighted by molar-refractivity contribution is 6.03. The van der Waals surface area contributed by atoms with Crippen LogP contribution in [0, 0.1) is 0 Å². The van der Waals surface area contributed by atoms with Gasteiger partial charge in [0.1, 0.15) is 5.82 Å². The molecule has 0 radical (unpaired) electrons. The number of aryl methyl sites for hydroxylation is 1. The zero-order chi connectivity index (χ0) is 15.1. The highest BCUT2D eigenvalue weighted by atomic mass is 16.1. The van der Waals surface area contributed by atoms with Crippen molar-refractivity contribution in [1.82, 2.24) is 20.2 Å². The van der Waals surface area contributed by atoms with E-state index < -0.39 is 0 Å². The maximum atomic E-state index is 12.2. The van der Waals surface area contributed by atoms with E-state index >= 15 is 0 Å². The van der Waals surface area contributed by atoms with Crippen LogP contribution in [0.15, 0.2) is 24.5 Å². The summed E-state index contributed by atoms with van der Waals surface area (Å²) in [7, 11) is 0. The van der Waals surface area contributed by atoms with Gasteiger partial charge in [-0.1, -0.05) is 13.8 Å². The van der Waals surface area contributed by atoms with Crippen molar-refractivity contribution in [2.24, 2.45) is 0 Å². The Morgan fingerprint density at radius 3 is 2.76 bits per heavy atom. The third kappa shape index (κ3) is 4.20. The van der Waals surface area contributed by atoms with Crippen molar-refractivity contribution in [3.05, 3.63) is 35.8 Å². The van der Waals surface area contributed by atoms with E-state index in [1.165, 1.54) is 12.4 Å². The minimum absolute atomic E-state index is 0.181. The molecule has 7 heteroatoms. The Labute approximate surface area is 123 Å². The summed E-state index contributed by atoms with van der Waals surface area (Å²) < 4.78 is 0. The van der Waals surface area contributed by atoms with E-state index in [4.69, 9.17) is 0 Å². The maximum absolute atomic E-state index is 12.2. The molecule has 0 atom stereocenters. The Morgan fingerprint density at radius 2 is 2.10 bits per heavy atom. The van der Waals surface area contributed by atoms with Crippen molar-refractivity contribution in [2.45, 2.75) is 26.7 Å². The Hall–Kier alpha value is -2.57. The van der Waals surface area contributed by atoms with E-state index in [2.05, 4.69) is 37.7 Å². The van der Waals surface area contributed by atoms with Crippen LogP contribution < -0.4 is 10.6 Å². The molecule has 1 amide bonds. The van der Waals surface area contributed by atoms with Gasteiger partial charge in [-0.25, -0.2) is 9.97 Å². The summed E-state index contributed by atoms with van der Waals surface area (Å²) in [4.78, 5) is 20.6. The zero-order valence-electron chi connectivity index (χ0n) is 12.1. The van der Waals surface area contributed by atoms with Gasteiger partial charge in [-0.15, -0.1) is 5.10 Å². The number of pyridine rings is 1. The lowest BCUT2D eigenvalue weighted by molar-refractivity contribution is 0.102.